The quantitative estimate of drug-likeness (QED) is 0.126. The van der Waals surface area contributed by atoms with Gasteiger partial charge < -0.3 is 28.7 Å². The molecule has 0 N–H and O–H groups in total. The largest absolute Gasteiger partial charge is 0.456 e. The number of hydrogen-bond acceptors (Lipinski definition) is 8. The van der Waals surface area contributed by atoms with E-state index >= 15 is 0 Å². The van der Waals surface area contributed by atoms with Crippen molar-refractivity contribution in [2.45, 2.75) is 58.7 Å². The molecule has 8 nitrogen and oxygen atoms in total. The second-order valence-electron chi connectivity index (χ2n) is 19.1. The lowest BCUT2D eigenvalue weighted by Crippen LogP contribution is -2.33. The van der Waals surface area contributed by atoms with E-state index in [1.54, 1.807) is 0 Å². The molecule has 8 aromatic carbocycles. The highest BCUT2D eigenvalue weighted by Gasteiger charge is 2.55. The van der Waals surface area contributed by atoms with Crippen molar-refractivity contribution in [3.8, 4) is 23.0 Å². The van der Waals surface area contributed by atoms with Crippen LogP contribution in [-0.2, 0) is 27.1 Å². The summed E-state index contributed by atoms with van der Waals surface area (Å²) in [4.78, 5) is 32.0. The van der Waals surface area contributed by atoms with E-state index < -0.39 is 11.2 Å². The van der Waals surface area contributed by atoms with Crippen LogP contribution in [0.2, 0.25) is 0 Å². The number of fused-ring (bicyclic) bond motifs is 14. The van der Waals surface area contributed by atoms with Crippen LogP contribution in [0.25, 0.3) is 10.8 Å². The van der Waals surface area contributed by atoms with Crippen molar-refractivity contribution in [2.75, 3.05) is 29.4 Å². The van der Waals surface area contributed by atoms with E-state index in [1.165, 1.54) is 0 Å². The lowest BCUT2D eigenvalue weighted by atomic mass is 9.75. The van der Waals surface area contributed by atoms with Crippen molar-refractivity contribution in [2.24, 2.45) is 5.92 Å². The van der Waals surface area contributed by atoms with Gasteiger partial charge in [0.25, 0.3) is 0 Å². The predicted octanol–water partition coefficient (Wildman–Crippen LogP) is 13.9. The van der Waals surface area contributed by atoms with Gasteiger partial charge in [-0.3, -0.25) is 0 Å². The van der Waals surface area contributed by atoms with Gasteiger partial charge in [0.1, 0.15) is 23.0 Å². The minimum absolute atomic E-state index is 0.340. The minimum atomic E-state index is -1.19. The molecule has 4 aliphatic rings. The van der Waals surface area contributed by atoms with Crippen LogP contribution in [0.1, 0.15) is 105 Å². The van der Waals surface area contributed by atoms with Gasteiger partial charge in [-0.25, -0.2) is 9.59 Å². The molecule has 0 saturated carbocycles. The van der Waals surface area contributed by atoms with Gasteiger partial charge in [-0.15, -0.1) is 0 Å². The molecule has 0 radical (unpaired) electrons. The molecule has 0 amide bonds. The van der Waals surface area contributed by atoms with Crippen molar-refractivity contribution in [1.29, 1.82) is 0 Å². The van der Waals surface area contributed by atoms with Crippen LogP contribution in [0.3, 0.4) is 0 Å². The van der Waals surface area contributed by atoms with Crippen molar-refractivity contribution in [3.63, 3.8) is 0 Å². The Hall–Kier alpha value is -7.84. The topological polar surface area (TPSA) is 77.5 Å². The van der Waals surface area contributed by atoms with Crippen LogP contribution in [-0.4, -0.2) is 31.6 Å². The molecule has 8 aromatic rings. The summed E-state index contributed by atoms with van der Waals surface area (Å²) >= 11 is 0. The van der Waals surface area contributed by atoms with Crippen LogP contribution < -0.4 is 19.3 Å². The number of nitrogens with zero attached hydrogens (tertiary/aromatic N) is 2. The number of carbonyl (C=O) groups excluding carboxylic acids is 2. The van der Waals surface area contributed by atoms with Crippen molar-refractivity contribution < 1.29 is 28.5 Å². The Morgan fingerprint density at radius 2 is 1.14 bits per heavy atom. The summed E-state index contributed by atoms with van der Waals surface area (Å²) in [7, 11) is 0. The van der Waals surface area contributed by atoms with E-state index in [9.17, 15) is 9.59 Å². The second kappa shape index (κ2) is 16.2. The monoisotopic (exact) mass is 908 g/mol. The number of anilines is 3. The van der Waals surface area contributed by atoms with Gasteiger partial charge in [0.2, 0.25) is 0 Å². The van der Waals surface area contributed by atoms with Gasteiger partial charge in [-0.2, -0.15) is 0 Å². The zero-order valence-corrected chi connectivity index (χ0v) is 39.5. The van der Waals surface area contributed by atoms with Crippen LogP contribution >= 0.6 is 0 Å². The first-order chi connectivity index (χ1) is 33.6. The lowest BCUT2D eigenvalue weighted by Gasteiger charge is -2.38. The van der Waals surface area contributed by atoms with E-state index in [2.05, 4.69) is 122 Å². The number of hydrogen-bond donors (Lipinski definition) is 0. The van der Waals surface area contributed by atoms with E-state index in [-0.39, 0.29) is 11.9 Å². The Kier molecular flexibility index (Phi) is 9.95. The van der Waals surface area contributed by atoms with E-state index in [0.29, 0.717) is 53.0 Å². The van der Waals surface area contributed by atoms with Gasteiger partial charge in [0.15, 0.2) is 11.2 Å². The first kappa shape index (κ1) is 42.5. The molecule has 2 atom stereocenters. The van der Waals surface area contributed by atoms with Gasteiger partial charge in [-0.05, 0) is 128 Å². The molecule has 0 aliphatic carbocycles. The summed E-state index contributed by atoms with van der Waals surface area (Å²) in [5.74, 6) is 2.60. The van der Waals surface area contributed by atoms with Crippen molar-refractivity contribution >= 4 is 39.8 Å². The summed E-state index contributed by atoms with van der Waals surface area (Å²) in [5.41, 5.74) is 10.2. The van der Waals surface area contributed by atoms with E-state index in [0.717, 1.165) is 97.4 Å². The SMILES string of the molecule is CCN(CCC(C)C)c1ccc2c(c1)Oc1ccc3c(Cc4ccc(N(CC)c5ccc6c(c5)Oc5ccc(C)cc5C65OC(=O)c6ccccc65)cc4)cccc3c1C21OC(=O)c2ccccc21. The molecule has 12 rings (SSSR count). The van der Waals surface area contributed by atoms with Gasteiger partial charge in [0.05, 0.1) is 16.7 Å². The van der Waals surface area contributed by atoms with E-state index in [4.69, 9.17) is 18.9 Å². The fraction of sp³-hybridized carbons (Fsp3) is 0.213. The maximum absolute atomic E-state index is 13.9. The second-order valence-corrected chi connectivity index (χ2v) is 19.1. The number of carbonyl (C=O) groups is 2. The molecular formula is C61H52N2O6. The highest BCUT2D eigenvalue weighted by Crippen LogP contribution is 2.59. The first-order valence-electron chi connectivity index (χ1n) is 24.2. The third kappa shape index (κ3) is 6.48. The average Bonchev–Trinajstić information content (AvgIpc) is 3.83. The number of aryl methyl sites for hydroxylation is 1. The summed E-state index contributed by atoms with van der Waals surface area (Å²) in [5, 5.41) is 2.05. The van der Waals surface area contributed by atoms with Gasteiger partial charge in [0, 0.05) is 76.6 Å². The number of rotatable bonds is 10. The predicted molar refractivity (Wildman–Crippen MR) is 271 cm³/mol. The zero-order valence-electron chi connectivity index (χ0n) is 39.5. The first-order valence-corrected chi connectivity index (χ1v) is 24.2. The fourth-order valence-corrected chi connectivity index (χ4v) is 11.3. The number of ether oxygens (including phenoxy) is 4. The molecule has 69 heavy (non-hydrogen) atoms. The summed E-state index contributed by atoms with van der Waals surface area (Å²) < 4.78 is 26.6. The molecule has 2 unspecified atom stereocenters. The fourth-order valence-electron chi connectivity index (χ4n) is 11.3. The van der Waals surface area contributed by atoms with Crippen LogP contribution in [0.4, 0.5) is 17.1 Å². The Morgan fingerprint density at radius 3 is 1.86 bits per heavy atom. The molecule has 0 aromatic heterocycles. The molecule has 4 heterocycles. The molecule has 0 fully saturated rings. The molecule has 8 heteroatoms. The van der Waals surface area contributed by atoms with Crippen molar-refractivity contribution in [3.05, 3.63) is 219 Å². The van der Waals surface area contributed by atoms with Crippen molar-refractivity contribution in [1.82, 2.24) is 0 Å². The molecular weight excluding hydrogens is 857 g/mol. The Labute approximate surface area is 402 Å². The number of esters is 2. The lowest BCUT2D eigenvalue weighted by molar-refractivity contribution is 0.0216. The Balaban J connectivity index is 0.880. The van der Waals surface area contributed by atoms with Crippen LogP contribution in [0.15, 0.2) is 158 Å². The highest BCUT2D eigenvalue weighted by molar-refractivity contribution is 6.01. The highest BCUT2D eigenvalue weighted by atomic mass is 16.6. The standard InChI is InChI=1S/C61H52N2O6/c1-6-62(32-31-37(3)4)42-24-27-51-55(35-42)67-54-30-26-44-40(13-12-16-45(44)57(54)61(51)49-18-11-9-15-47(49)59(65)69-61)34-39-20-22-41(23-21-39)63(7-2)43-25-28-50-56(36-43)66-53-29-19-38(5)33-52(53)60(50)48-17-10-8-14-46(48)58(64)68-60/h8-30,33,35-37H,6-7,31-32,34H2,1-5H3. The average molecular weight is 909 g/mol. The molecule has 2 spiro atoms. The minimum Gasteiger partial charge on any atom is -0.456 e. The third-order valence-corrected chi connectivity index (χ3v) is 14.6. The maximum Gasteiger partial charge on any atom is 0.340 e. The third-order valence-electron chi connectivity index (χ3n) is 14.6. The Morgan fingerprint density at radius 1 is 0.522 bits per heavy atom. The molecule has 4 aliphatic heterocycles. The van der Waals surface area contributed by atoms with Crippen LogP contribution in [0, 0.1) is 12.8 Å². The molecule has 0 saturated heterocycles. The zero-order chi connectivity index (χ0) is 47.2. The summed E-state index contributed by atoms with van der Waals surface area (Å²) in [6, 6.07) is 53.4. The maximum atomic E-state index is 13.9. The van der Waals surface area contributed by atoms with Gasteiger partial charge in [-0.1, -0.05) is 98.3 Å². The summed E-state index contributed by atoms with van der Waals surface area (Å²) in [6.07, 6.45) is 1.77. The van der Waals surface area contributed by atoms with E-state index in [1.807, 2.05) is 79.7 Å². The smallest absolute Gasteiger partial charge is 0.340 e. The van der Waals surface area contributed by atoms with Gasteiger partial charge >= 0.3 is 11.9 Å². The summed E-state index contributed by atoms with van der Waals surface area (Å²) in [6.45, 7) is 13.4. The normalized spacial score (nSPS) is 17.8. The number of benzene rings is 8. The van der Waals surface area contributed by atoms with Crippen LogP contribution in [0.5, 0.6) is 23.0 Å². The molecule has 342 valence electrons. The Bertz CT molecular complexity index is 3410. The molecule has 0 bridgehead atoms.